The van der Waals surface area contributed by atoms with Crippen LogP contribution < -0.4 is 5.32 Å². The zero-order chi connectivity index (χ0) is 22.4. The number of amides is 1. The van der Waals surface area contributed by atoms with Crippen molar-refractivity contribution < 1.29 is 4.79 Å². The van der Waals surface area contributed by atoms with Crippen LogP contribution in [0.2, 0.25) is 0 Å². The Kier molecular flexibility index (Phi) is 7.85. The third-order valence-corrected chi connectivity index (χ3v) is 6.11. The molecule has 2 heterocycles. The SMILES string of the molecule is CCN(CC)CCCCNC(=O)Cc1c(-c2ccc(C)c(C)c2)nc2cc(C)ccn12. The van der Waals surface area contributed by atoms with Crippen molar-refractivity contribution in [2.24, 2.45) is 0 Å². The molecule has 3 rings (SSSR count). The monoisotopic (exact) mass is 420 g/mol. The number of fused-ring (bicyclic) bond motifs is 1. The first-order valence-electron chi connectivity index (χ1n) is 11.5. The summed E-state index contributed by atoms with van der Waals surface area (Å²) in [5.41, 5.74) is 7.43. The van der Waals surface area contributed by atoms with Crippen LogP contribution in [0.25, 0.3) is 16.9 Å². The third-order valence-electron chi connectivity index (χ3n) is 6.11. The maximum atomic E-state index is 12.8. The minimum Gasteiger partial charge on any atom is -0.356 e. The average Bonchev–Trinajstić information content (AvgIpc) is 3.10. The van der Waals surface area contributed by atoms with E-state index in [1.165, 1.54) is 11.1 Å². The number of nitrogens with zero attached hydrogens (tertiary/aromatic N) is 3. The van der Waals surface area contributed by atoms with Gasteiger partial charge in [0.2, 0.25) is 5.91 Å². The van der Waals surface area contributed by atoms with Crippen molar-refractivity contribution in [3.05, 3.63) is 58.9 Å². The van der Waals surface area contributed by atoms with Crippen LogP contribution in [0, 0.1) is 20.8 Å². The van der Waals surface area contributed by atoms with Crippen LogP contribution >= 0.6 is 0 Å². The van der Waals surface area contributed by atoms with Crippen molar-refractivity contribution >= 4 is 11.6 Å². The Labute approximate surface area is 186 Å². The summed E-state index contributed by atoms with van der Waals surface area (Å²) in [5, 5.41) is 3.11. The molecule has 0 radical (unpaired) electrons. The fourth-order valence-electron chi connectivity index (χ4n) is 3.93. The number of hydrogen-bond acceptors (Lipinski definition) is 3. The van der Waals surface area contributed by atoms with E-state index in [0.717, 1.165) is 67.2 Å². The van der Waals surface area contributed by atoms with Gasteiger partial charge in [-0.15, -0.1) is 0 Å². The molecule has 0 bridgehead atoms. The first-order valence-corrected chi connectivity index (χ1v) is 11.5. The van der Waals surface area contributed by atoms with Crippen LogP contribution in [-0.2, 0) is 11.2 Å². The molecule has 1 aromatic carbocycles. The molecule has 3 aromatic rings. The summed E-state index contributed by atoms with van der Waals surface area (Å²) in [6.07, 6.45) is 4.45. The van der Waals surface area contributed by atoms with Crippen LogP contribution in [0.1, 0.15) is 49.1 Å². The Morgan fingerprint density at radius 1 is 1.03 bits per heavy atom. The molecule has 1 N–H and O–H groups in total. The molecule has 0 fully saturated rings. The number of hydrogen-bond donors (Lipinski definition) is 1. The van der Waals surface area contributed by atoms with Crippen molar-refractivity contribution in [1.29, 1.82) is 0 Å². The highest BCUT2D eigenvalue weighted by atomic mass is 16.1. The lowest BCUT2D eigenvalue weighted by Crippen LogP contribution is -2.28. The van der Waals surface area contributed by atoms with E-state index in [4.69, 9.17) is 4.98 Å². The summed E-state index contributed by atoms with van der Waals surface area (Å²) >= 11 is 0. The summed E-state index contributed by atoms with van der Waals surface area (Å²) < 4.78 is 2.05. The standard InChI is InChI=1S/C26H36N4O/c1-6-29(7-2)14-9-8-13-27-25(31)18-23-26(22-11-10-20(4)21(5)17-22)28-24-16-19(3)12-15-30(23)24/h10-12,15-17H,6-9,13-14,18H2,1-5H3,(H,27,31). The number of nitrogens with one attached hydrogen (secondary N) is 1. The molecule has 0 saturated carbocycles. The molecule has 0 atom stereocenters. The summed E-state index contributed by atoms with van der Waals surface area (Å²) in [6.45, 7) is 14.6. The van der Waals surface area contributed by atoms with Gasteiger partial charge in [-0.1, -0.05) is 26.0 Å². The predicted octanol–water partition coefficient (Wildman–Crippen LogP) is 4.71. The van der Waals surface area contributed by atoms with Crippen molar-refractivity contribution in [2.45, 2.75) is 53.9 Å². The van der Waals surface area contributed by atoms with Crippen LogP contribution in [0.3, 0.4) is 0 Å². The van der Waals surface area contributed by atoms with E-state index in [9.17, 15) is 4.79 Å². The number of aryl methyl sites for hydroxylation is 3. The molecule has 0 saturated heterocycles. The Morgan fingerprint density at radius 2 is 1.81 bits per heavy atom. The third kappa shape index (κ3) is 5.73. The second-order valence-corrected chi connectivity index (χ2v) is 8.40. The number of pyridine rings is 1. The van der Waals surface area contributed by atoms with Gasteiger partial charge in [0.15, 0.2) is 0 Å². The van der Waals surface area contributed by atoms with Crippen molar-refractivity contribution in [1.82, 2.24) is 19.6 Å². The number of benzene rings is 1. The summed E-state index contributed by atoms with van der Waals surface area (Å²) in [5.74, 6) is 0.0512. The molecule has 5 heteroatoms. The van der Waals surface area contributed by atoms with Gasteiger partial charge in [-0.3, -0.25) is 4.79 Å². The van der Waals surface area contributed by atoms with Gasteiger partial charge in [-0.2, -0.15) is 0 Å². The number of rotatable bonds is 10. The number of carbonyl (C=O) groups excluding carboxylic acids is 1. The van der Waals surface area contributed by atoms with E-state index in [2.05, 4.69) is 79.6 Å². The van der Waals surface area contributed by atoms with Gasteiger partial charge in [0.05, 0.1) is 17.8 Å². The van der Waals surface area contributed by atoms with E-state index in [1.807, 2.05) is 6.20 Å². The molecule has 5 nitrogen and oxygen atoms in total. The quantitative estimate of drug-likeness (QED) is 0.483. The maximum Gasteiger partial charge on any atom is 0.226 e. The van der Waals surface area contributed by atoms with E-state index in [0.29, 0.717) is 6.42 Å². The van der Waals surface area contributed by atoms with E-state index < -0.39 is 0 Å². The van der Waals surface area contributed by atoms with Crippen LogP contribution in [0.5, 0.6) is 0 Å². The lowest BCUT2D eigenvalue weighted by molar-refractivity contribution is -0.120. The van der Waals surface area contributed by atoms with E-state index in [1.54, 1.807) is 0 Å². The largest absolute Gasteiger partial charge is 0.356 e. The Morgan fingerprint density at radius 3 is 2.52 bits per heavy atom. The molecule has 0 aliphatic heterocycles. The molecule has 0 unspecified atom stereocenters. The highest BCUT2D eigenvalue weighted by Crippen LogP contribution is 2.27. The fourth-order valence-corrected chi connectivity index (χ4v) is 3.93. The Bertz CT molecular complexity index is 1030. The van der Waals surface area contributed by atoms with Crippen LogP contribution in [-0.4, -0.2) is 46.4 Å². The number of imidazole rings is 1. The molecular formula is C26H36N4O. The van der Waals surface area contributed by atoms with Crippen molar-refractivity contribution in [3.63, 3.8) is 0 Å². The van der Waals surface area contributed by atoms with E-state index >= 15 is 0 Å². The zero-order valence-electron chi connectivity index (χ0n) is 19.7. The number of aromatic nitrogens is 2. The van der Waals surface area contributed by atoms with Gasteiger partial charge >= 0.3 is 0 Å². The maximum absolute atomic E-state index is 12.8. The zero-order valence-corrected chi connectivity index (χ0v) is 19.7. The summed E-state index contributed by atoms with van der Waals surface area (Å²) in [6, 6.07) is 10.5. The number of unbranched alkanes of at least 4 members (excludes halogenated alkanes) is 1. The Balaban J connectivity index is 1.74. The molecule has 0 aliphatic carbocycles. The molecule has 31 heavy (non-hydrogen) atoms. The summed E-state index contributed by atoms with van der Waals surface area (Å²) in [4.78, 5) is 20.1. The molecular weight excluding hydrogens is 384 g/mol. The highest BCUT2D eigenvalue weighted by molar-refractivity contribution is 5.81. The smallest absolute Gasteiger partial charge is 0.226 e. The highest BCUT2D eigenvalue weighted by Gasteiger charge is 2.17. The van der Waals surface area contributed by atoms with E-state index in [-0.39, 0.29) is 5.91 Å². The van der Waals surface area contributed by atoms with Crippen molar-refractivity contribution in [3.8, 4) is 11.3 Å². The lowest BCUT2D eigenvalue weighted by atomic mass is 10.0. The number of carbonyl (C=O) groups is 1. The fraction of sp³-hybridized carbons (Fsp3) is 0.462. The van der Waals surface area contributed by atoms with Gasteiger partial charge in [0.1, 0.15) is 5.65 Å². The predicted molar refractivity (Wildman–Crippen MR) is 129 cm³/mol. The summed E-state index contributed by atoms with van der Waals surface area (Å²) in [7, 11) is 0. The van der Waals surface area contributed by atoms with Gasteiger partial charge in [0, 0.05) is 18.3 Å². The second kappa shape index (κ2) is 10.6. The topological polar surface area (TPSA) is 49.6 Å². The minimum absolute atomic E-state index is 0.0512. The molecule has 2 aromatic heterocycles. The molecule has 166 valence electrons. The average molecular weight is 421 g/mol. The minimum atomic E-state index is 0.0512. The Hall–Kier alpha value is -2.66. The molecule has 0 spiro atoms. The molecule has 1 amide bonds. The molecule has 0 aliphatic rings. The van der Waals surface area contributed by atoms with Crippen molar-refractivity contribution in [2.75, 3.05) is 26.2 Å². The normalized spacial score (nSPS) is 11.4. The van der Waals surface area contributed by atoms with Gasteiger partial charge < -0.3 is 14.6 Å². The lowest BCUT2D eigenvalue weighted by Gasteiger charge is -2.17. The van der Waals surface area contributed by atoms with Crippen LogP contribution in [0.15, 0.2) is 36.5 Å². The van der Waals surface area contributed by atoms with Crippen LogP contribution in [0.4, 0.5) is 0 Å². The second-order valence-electron chi connectivity index (χ2n) is 8.40. The van der Waals surface area contributed by atoms with Gasteiger partial charge in [-0.25, -0.2) is 4.98 Å². The first kappa shape index (κ1) is 23.0. The van der Waals surface area contributed by atoms with Gasteiger partial charge in [-0.05, 0) is 88.1 Å². The van der Waals surface area contributed by atoms with Gasteiger partial charge in [0.25, 0.3) is 0 Å². The first-order chi connectivity index (χ1) is 14.9.